The zero-order chi connectivity index (χ0) is 16.5. The number of ether oxygens (including phenoxy) is 1. The van der Waals surface area contributed by atoms with Crippen LogP contribution in [0, 0.1) is 0 Å². The number of para-hydroxylation sites is 1. The zero-order valence-corrected chi connectivity index (χ0v) is 14.6. The van der Waals surface area contributed by atoms with Crippen molar-refractivity contribution in [2.75, 3.05) is 13.2 Å². The van der Waals surface area contributed by atoms with E-state index in [9.17, 15) is 0 Å². The molecule has 0 bridgehead atoms. The van der Waals surface area contributed by atoms with Crippen LogP contribution in [-0.2, 0) is 6.42 Å². The largest absolute Gasteiger partial charge is 0.493 e. The van der Waals surface area contributed by atoms with E-state index in [1.54, 1.807) is 0 Å². The normalized spacial score (nSPS) is 12.1. The van der Waals surface area contributed by atoms with Crippen LogP contribution < -0.4 is 10.5 Å². The quantitative estimate of drug-likeness (QED) is 0.641. The molecular weight excluding hydrogens is 306 g/mol. The van der Waals surface area contributed by atoms with Crippen LogP contribution in [0.3, 0.4) is 0 Å². The number of benzene rings is 2. The second kappa shape index (κ2) is 9.59. The number of rotatable bonds is 9. The standard InChI is InChI=1S/C20H26ClNO/c1-2-3-6-13-23-20-8-5-4-7-17(20)14-18(15-22)16-9-11-19(21)12-10-16/h4-5,7-12,18H,2-3,6,13-15,22H2,1H3. The molecule has 0 saturated carbocycles. The third-order valence-electron chi connectivity index (χ3n) is 4.07. The van der Waals surface area contributed by atoms with Crippen LogP contribution in [0.25, 0.3) is 0 Å². The minimum absolute atomic E-state index is 0.271. The summed E-state index contributed by atoms with van der Waals surface area (Å²) in [5.74, 6) is 1.25. The maximum atomic E-state index is 6.01. The number of hydrogen-bond donors (Lipinski definition) is 1. The Morgan fingerprint density at radius 3 is 2.48 bits per heavy atom. The molecule has 2 aromatic rings. The molecule has 2 N–H and O–H groups in total. The molecule has 0 aliphatic heterocycles. The van der Waals surface area contributed by atoms with Crippen LogP contribution in [-0.4, -0.2) is 13.2 Å². The van der Waals surface area contributed by atoms with Gasteiger partial charge >= 0.3 is 0 Å². The molecule has 2 rings (SSSR count). The molecule has 0 saturated heterocycles. The van der Waals surface area contributed by atoms with Gasteiger partial charge in [0.05, 0.1) is 6.61 Å². The molecule has 0 spiro atoms. The van der Waals surface area contributed by atoms with Gasteiger partial charge in [-0.15, -0.1) is 0 Å². The van der Waals surface area contributed by atoms with Crippen LogP contribution in [0.4, 0.5) is 0 Å². The van der Waals surface area contributed by atoms with Gasteiger partial charge in [-0.1, -0.05) is 61.7 Å². The van der Waals surface area contributed by atoms with Crippen molar-refractivity contribution in [3.8, 4) is 5.75 Å². The number of halogens is 1. The molecule has 23 heavy (non-hydrogen) atoms. The molecule has 1 unspecified atom stereocenters. The Morgan fingerprint density at radius 2 is 1.78 bits per heavy atom. The summed E-state index contributed by atoms with van der Waals surface area (Å²) in [5.41, 5.74) is 8.44. The fourth-order valence-corrected chi connectivity index (χ4v) is 2.81. The summed E-state index contributed by atoms with van der Waals surface area (Å²) >= 11 is 5.98. The Labute approximate surface area is 144 Å². The molecule has 0 heterocycles. The van der Waals surface area contributed by atoms with E-state index in [1.165, 1.54) is 24.0 Å². The predicted molar refractivity (Wildman–Crippen MR) is 98.4 cm³/mol. The summed E-state index contributed by atoms with van der Waals surface area (Å²) in [6.07, 6.45) is 4.39. The first-order valence-electron chi connectivity index (χ1n) is 8.40. The van der Waals surface area contributed by atoms with Crippen LogP contribution in [0.15, 0.2) is 48.5 Å². The van der Waals surface area contributed by atoms with E-state index < -0.39 is 0 Å². The fraction of sp³-hybridized carbons (Fsp3) is 0.400. The van der Waals surface area contributed by atoms with Crippen molar-refractivity contribution >= 4 is 11.6 Å². The van der Waals surface area contributed by atoms with Gasteiger partial charge in [-0.05, 0) is 48.7 Å². The number of unbranched alkanes of at least 4 members (excludes halogenated alkanes) is 2. The molecule has 0 fully saturated rings. The SMILES string of the molecule is CCCCCOc1ccccc1CC(CN)c1ccc(Cl)cc1. The summed E-state index contributed by atoms with van der Waals surface area (Å²) < 4.78 is 5.98. The Hall–Kier alpha value is -1.51. The Balaban J connectivity index is 2.06. The summed E-state index contributed by atoms with van der Waals surface area (Å²) in [4.78, 5) is 0. The smallest absolute Gasteiger partial charge is 0.122 e. The third kappa shape index (κ3) is 5.56. The lowest BCUT2D eigenvalue weighted by molar-refractivity contribution is 0.302. The average molecular weight is 332 g/mol. The lowest BCUT2D eigenvalue weighted by Gasteiger charge is -2.18. The van der Waals surface area contributed by atoms with Gasteiger partial charge in [-0.25, -0.2) is 0 Å². The molecule has 0 aromatic heterocycles. The topological polar surface area (TPSA) is 35.2 Å². The van der Waals surface area contributed by atoms with Gasteiger partial charge in [0.25, 0.3) is 0 Å². The summed E-state index contributed by atoms with van der Waals surface area (Å²) in [6, 6.07) is 16.2. The van der Waals surface area contributed by atoms with E-state index in [4.69, 9.17) is 22.1 Å². The highest BCUT2D eigenvalue weighted by atomic mass is 35.5. The minimum Gasteiger partial charge on any atom is -0.493 e. The van der Waals surface area contributed by atoms with Gasteiger partial charge in [0, 0.05) is 10.9 Å². The lowest BCUT2D eigenvalue weighted by atomic mass is 9.92. The zero-order valence-electron chi connectivity index (χ0n) is 13.8. The van der Waals surface area contributed by atoms with Crippen LogP contribution in [0.2, 0.25) is 5.02 Å². The first kappa shape index (κ1) is 17.8. The first-order chi connectivity index (χ1) is 11.2. The van der Waals surface area contributed by atoms with Crippen molar-refractivity contribution in [3.63, 3.8) is 0 Å². The van der Waals surface area contributed by atoms with Crippen molar-refractivity contribution in [3.05, 3.63) is 64.7 Å². The Morgan fingerprint density at radius 1 is 1.04 bits per heavy atom. The van der Waals surface area contributed by atoms with Gasteiger partial charge in [0.1, 0.15) is 5.75 Å². The molecule has 0 amide bonds. The van der Waals surface area contributed by atoms with Crippen molar-refractivity contribution < 1.29 is 4.74 Å². The molecule has 124 valence electrons. The molecule has 1 atom stereocenters. The van der Waals surface area contributed by atoms with Gasteiger partial charge in [-0.2, -0.15) is 0 Å². The predicted octanol–water partition coefficient (Wildman–Crippen LogP) is 5.19. The van der Waals surface area contributed by atoms with E-state index >= 15 is 0 Å². The molecule has 0 aliphatic rings. The summed E-state index contributed by atoms with van der Waals surface area (Å²) in [5, 5.41) is 0.754. The van der Waals surface area contributed by atoms with Gasteiger partial charge in [0.15, 0.2) is 0 Å². The Bertz CT molecular complexity index is 582. The van der Waals surface area contributed by atoms with Crippen LogP contribution >= 0.6 is 11.6 Å². The van der Waals surface area contributed by atoms with Gasteiger partial charge < -0.3 is 10.5 Å². The highest BCUT2D eigenvalue weighted by Gasteiger charge is 2.13. The molecule has 2 nitrogen and oxygen atoms in total. The average Bonchev–Trinajstić information content (AvgIpc) is 2.58. The summed E-state index contributed by atoms with van der Waals surface area (Å²) in [6.45, 7) is 3.58. The van der Waals surface area contributed by atoms with E-state index in [0.29, 0.717) is 6.54 Å². The highest BCUT2D eigenvalue weighted by Crippen LogP contribution is 2.27. The lowest BCUT2D eigenvalue weighted by Crippen LogP contribution is -2.15. The monoisotopic (exact) mass is 331 g/mol. The first-order valence-corrected chi connectivity index (χ1v) is 8.78. The molecule has 2 aromatic carbocycles. The second-order valence-electron chi connectivity index (χ2n) is 5.85. The minimum atomic E-state index is 0.271. The van der Waals surface area contributed by atoms with Crippen LogP contribution in [0.1, 0.15) is 43.2 Å². The van der Waals surface area contributed by atoms with Crippen LogP contribution in [0.5, 0.6) is 5.75 Å². The fourth-order valence-electron chi connectivity index (χ4n) is 2.69. The van der Waals surface area contributed by atoms with E-state index in [-0.39, 0.29) is 5.92 Å². The van der Waals surface area contributed by atoms with E-state index in [2.05, 4.69) is 37.3 Å². The third-order valence-corrected chi connectivity index (χ3v) is 4.32. The van der Waals surface area contributed by atoms with Crippen molar-refractivity contribution in [1.29, 1.82) is 0 Å². The number of hydrogen-bond acceptors (Lipinski definition) is 2. The molecule has 0 aliphatic carbocycles. The maximum absolute atomic E-state index is 6.01. The highest BCUT2D eigenvalue weighted by molar-refractivity contribution is 6.30. The molecule has 0 radical (unpaired) electrons. The number of nitrogens with two attached hydrogens (primary N) is 1. The van der Waals surface area contributed by atoms with E-state index in [1.807, 2.05) is 18.2 Å². The maximum Gasteiger partial charge on any atom is 0.122 e. The molecular formula is C20H26ClNO. The molecule has 3 heteroatoms. The van der Waals surface area contributed by atoms with Gasteiger partial charge in [0.2, 0.25) is 0 Å². The van der Waals surface area contributed by atoms with Crippen molar-refractivity contribution in [1.82, 2.24) is 0 Å². The second-order valence-corrected chi connectivity index (χ2v) is 6.29. The van der Waals surface area contributed by atoms with Gasteiger partial charge in [-0.3, -0.25) is 0 Å². The van der Waals surface area contributed by atoms with Crippen molar-refractivity contribution in [2.45, 2.75) is 38.5 Å². The summed E-state index contributed by atoms with van der Waals surface area (Å²) in [7, 11) is 0. The Kier molecular flexibility index (Phi) is 7.44. The van der Waals surface area contributed by atoms with E-state index in [0.717, 1.165) is 30.2 Å². The van der Waals surface area contributed by atoms with Crippen molar-refractivity contribution in [2.24, 2.45) is 5.73 Å².